The van der Waals surface area contributed by atoms with Crippen LogP contribution in [0.15, 0.2) is 46.9 Å². The average Bonchev–Trinajstić information content (AvgIpc) is 3.18. The van der Waals surface area contributed by atoms with Gasteiger partial charge in [-0.2, -0.15) is 0 Å². The number of nitrogens with zero attached hydrogens (tertiary/aromatic N) is 1. The SMILES string of the molecule is CC(CN1CCCC1)C(O)c1ccc(-c2ccccc2)o1. The number of aliphatic hydroxyl groups is 1. The molecule has 3 heteroatoms. The lowest BCUT2D eigenvalue weighted by molar-refractivity contribution is 0.0758. The minimum Gasteiger partial charge on any atom is -0.458 e. The molecule has 3 nitrogen and oxygen atoms in total. The Kier molecular flexibility index (Phi) is 4.42. The number of furan rings is 1. The molecule has 0 amide bonds. The van der Waals surface area contributed by atoms with Crippen LogP contribution in [0.4, 0.5) is 0 Å². The molecule has 1 aliphatic rings. The topological polar surface area (TPSA) is 36.6 Å². The summed E-state index contributed by atoms with van der Waals surface area (Å²) in [6.45, 7) is 5.34. The second kappa shape index (κ2) is 6.46. The van der Waals surface area contributed by atoms with Crippen molar-refractivity contribution in [1.29, 1.82) is 0 Å². The van der Waals surface area contributed by atoms with E-state index in [-0.39, 0.29) is 5.92 Å². The lowest BCUT2D eigenvalue weighted by Crippen LogP contribution is -2.28. The van der Waals surface area contributed by atoms with Gasteiger partial charge >= 0.3 is 0 Å². The first kappa shape index (κ1) is 14.4. The first-order chi connectivity index (χ1) is 10.2. The van der Waals surface area contributed by atoms with Crippen molar-refractivity contribution in [1.82, 2.24) is 4.90 Å². The Labute approximate surface area is 126 Å². The zero-order chi connectivity index (χ0) is 14.7. The molecule has 2 heterocycles. The largest absolute Gasteiger partial charge is 0.458 e. The zero-order valence-corrected chi connectivity index (χ0v) is 12.5. The van der Waals surface area contributed by atoms with E-state index in [0.717, 1.165) is 31.0 Å². The van der Waals surface area contributed by atoms with Gasteiger partial charge in [-0.3, -0.25) is 0 Å². The van der Waals surface area contributed by atoms with Crippen molar-refractivity contribution in [3.63, 3.8) is 0 Å². The van der Waals surface area contributed by atoms with Crippen LogP contribution in [0, 0.1) is 5.92 Å². The Morgan fingerprint density at radius 2 is 1.81 bits per heavy atom. The monoisotopic (exact) mass is 285 g/mol. The van der Waals surface area contributed by atoms with Gasteiger partial charge < -0.3 is 14.4 Å². The smallest absolute Gasteiger partial charge is 0.134 e. The highest BCUT2D eigenvalue weighted by molar-refractivity contribution is 5.57. The van der Waals surface area contributed by atoms with Crippen molar-refractivity contribution in [3.05, 3.63) is 48.2 Å². The summed E-state index contributed by atoms with van der Waals surface area (Å²) in [4.78, 5) is 2.43. The highest BCUT2D eigenvalue weighted by Gasteiger charge is 2.23. The maximum Gasteiger partial charge on any atom is 0.134 e. The fourth-order valence-corrected chi connectivity index (χ4v) is 3.02. The van der Waals surface area contributed by atoms with Crippen LogP contribution in [0.3, 0.4) is 0 Å². The number of hydrogen-bond acceptors (Lipinski definition) is 3. The van der Waals surface area contributed by atoms with E-state index in [1.807, 2.05) is 42.5 Å². The summed E-state index contributed by atoms with van der Waals surface area (Å²) in [5, 5.41) is 10.5. The van der Waals surface area contributed by atoms with E-state index < -0.39 is 6.10 Å². The summed E-state index contributed by atoms with van der Waals surface area (Å²) in [5.41, 5.74) is 1.04. The Bertz CT molecular complexity index is 558. The van der Waals surface area contributed by atoms with E-state index in [2.05, 4.69) is 11.8 Å². The minimum atomic E-state index is -0.539. The van der Waals surface area contributed by atoms with Gasteiger partial charge in [-0.05, 0) is 38.1 Å². The summed E-state index contributed by atoms with van der Waals surface area (Å²) in [5.74, 6) is 1.66. The second-order valence-electron chi connectivity index (χ2n) is 6.00. The molecular weight excluding hydrogens is 262 g/mol. The van der Waals surface area contributed by atoms with Gasteiger partial charge in [-0.25, -0.2) is 0 Å². The molecule has 1 fully saturated rings. The van der Waals surface area contributed by atoms with Crippen molar-refractivity contribution in [3.8, 4) is 11.3 Å². The van der Waals surface area contributed by atoms with Gasteiger partial charge in [0, 0.05) is 18.0 Å². The highest BCUT2D eigenvalue weighted by Crippen LogP contribution is 2.29. The number of hydrogen-bond donors (Lipinski definition) is 1. The Morgan fingerprint density at radius 1 is 1.10 bits per heavy atom. The maximum atomic E-state index is 10.5. The van der Waals surface area contributed by atoms with Gasteiger partial charge in [0.1, 0.15) is 17.6 Å². The van der Waals surface area contributed by atoms with Crippen molar-refractivity contribution >= 4 is 0 Å². The van der Waals surface area contributed by atoms with Crippen LogP contribution < -0.4 is 0 Å². The summed E-state index contributed by atoms with van der Waals surface area (Å²) in [6, 6.07) is 13.8. The van der Waals surface area contributed by atoms with E-state index in [0.29, 0.717) is 5.76 Å². The molecule has 1 N–H and O–H groups in total. The molecule has 0 bridgehead atoms. The first-order valence-corrected chi connectivity index (χ1v) is 7.79. The van der Waals surface area contributed by atoms with Crippen LogP contribution in [-0.2, 0) is 0 Å². The van der Waals surface area contributed by atoms with E-state index >= 15 is 0 Å². The molecule has 1 aromatic heterocycles. The van der Waals surface area contributed by atoms with Gasteiger partial charge in [0.05, 0.1) is 0 Å². The van der Waals surface area contributed by atoms with Crippen LogP contribution >= 0.6 is 0 Å². The third-order valence-corrected chi connectivity index (χ3v) is 4.26. The third kappa shape index (κ3) is 3.36. The zero-order valence-electron chi connectivity index (χ0n) is 12.5. The quantitative estimate of drug-likeness (QED) is 0.909. The fourth-order valence-electron chi connectivity index (χ4n) is 3.02. The number of aliphatic hydroxyl groups excluding tert-OH is 1. The summed E-state index contributed by atoms with van der Waals surface area (Å²) in [7, 11) is 0. The van der Waals surface area contributed by atoms with E-state index in [9.17, 15) is 5.11 Å². The van der Waals surface area contributed by atoms with Crippen LogP contribution in [0.5, 0.6) is 0 Å². The molecule has 2 aromatic rings. The summed E-state index contributed by atoms with van der Waals surface area (Å²) in [6.07, 6.45) is 2.02. The van der Waals surface area contributed by atoms with Gasteiger partial charge in [-0.1, -0.05) is 37.3 Å². The second-order valence-corrected chi connectivity index (χ2v) is 6.00. The molecule has 0 saturated carbocycles. The number of rotatable bonds is 5. The van der Waals surface area contributed by atoms with E-state index in [1.54, 1.807) is 0 Å². The molecular formula is C18H23NO2. The van der Waals surface area contributed by atoms with Crippen molar-refractivity contribution in [2.75, 3.05) is 19.6 Å². The first-order valence-electron chi connectivity index (χ1n) is 7.79. The van der Waals surface area contributed by atoms with Crippen molar-refractivity contribution in [2.24, 2.45) is 5.92 Å². The van der Waals surface area contributed by atoms with Crippen LogP contribution in [0.1, 0.15) is 31.6 Å². The van der Waals surface area contributed by atoms with Gasteiger partial charge in [0.15, 0.2) is 0 Å². The molecule has 1 saturated heterocycles. The standard InChI is InChI=1S/C18H23NO2/c1-14(13-19-11-5-6-12-19)18(20)17-10-9-16(21-17)15-7-3-2-4-8-15/h2-4,7-10,14,18,20H,5-6,11-13H2,1H3. The Morgan fingerprint density at radius 3 is 2.52 bits per heavy atom. The molecule has 112 valence electrons. The lowest BCUT2D eigenvalue weighted by atomic mass is 10.0. The average molecular weight is 285 g/mol. The van der Waals surface area contributed by atoms with Gasteiger partial charge in [0.25, 0.3) is 0 Å². The minimum absolute atomic E-state index is 0.179. The van der Waals surface area contributed by atoms with Crippen molar-refractivity contribution in [2.45, 2.75) is 25.9 Å². The Hall–Kier alpha value is -1.58. The van der Waals surface area contributed by atoms with Crippen LogP contribution in [0.25, 0.3) is 11.3 Å². The lowest BCUT2D eigenvalue weighted by Gasteiger charge is -2.23. The van der Waals surface area contributed by atoms with Crippen molar-refractivity contribution < 1.29 is 9.52 Å². The van der Waals surface area contributed by atoms with Crippen LogP contribution in [-0.4, -0.2) is 29.6 Å². The molecule has 0 spiro atoms. The molecule has 0 radical (unpaired) electrons. The molecule has 2 atom stereocenters. The molecule has 21 heavy (non-hydrogen) atoms. The number of benzene rings is 1. The van der Waals surface area contributed by atoms with Gasteiger partial charge in [0.2, 0.25) is 0 Å². The van der Waals surface area contributed by atoms with Crippen LogP contribution in [0.2, 0.25) is 0 Å². The Balaban J connectivity index is 1.67. The molecule has 3 rings (SSSR count). The normalized spacial score (nSPS) is 18.8. The maximum absolute atomic E-state index is 10.5. The predicted octanol–water partition coefficient (Wildman–Crippen LogP) is 3.71. The third-order valence-electron chi connectivity index (χ3n) is 4.26. The molecule has 1 aromatic carbocycles. The predicted molar refractivity (Wildman–Crippen MR) is 83.9 cm³/mol. The van der Waals surface area contributed by atoms with Gasteiger partial charge in [-0.15, -0.1) is 0 Å². The van der Waals surface area contributed by atoms with E-state index in [1.165, 1.54) is 12.8 Å². The molecule has 1 aliphatic heterocycles. The summed E-state index contributed by atoms with van der Waals surface area (Å²) < 4.78 is 5.85. The van der Waals surface area contributed by atoms with E-state index in [4.69, 9.17) is 4.42 Å². The molecule has 2 unspecified atom stereocenters. The highest BCUT2D eigenvalue weighted by atomic mass is 16.4. The summed E-state index contributed by atoms with van der Waals surface area (Å²) >= 11 is 0. The molecule has 0 aliphatic carbocycles. The fraction of sp³-hybridized carbons (Fsp3) is 0.444. The number of likely N-dealkylation sites (tertiary alicyclic amines) is 1.